The summed E-state index contributed by atoms with van der Waals surface area (Å²) in [5.74, 6) is 0. The molecule has 2 nitrogen and oxygen atoms in total. The van der Waals surface area contributed by atoms with E-state index < -0.39 is 0 Å². The lowest BCUT2D eigenvalue weighted by Crippen LogP contribution is -1.95. The van der Waals surface area contributed by atoms with E-state index in [1.807, 2.05) is 5.38 Å². The number of rotatable bonds is 2. The fourth-order valence-corrected chi connectivity index (χ4v) is 1.64. The largest absolute Gasteiger partial charge is 0.393 e. The van der Waals surface area contributed by atoms with Gasteiger partial charge in [-0.2, -0.15) is 11.3 Å². The van der Waals surface area contributed by atoms with Crippen molar-refractivity contribution in [2.24, 2.45) is 0 Å². The first-order chi connectivity index (χ1) is 4.86. The molecule has 1 saturated heterocycles. The van der Waals surface area contributed by atoms with E-state index in [1.54, 1.807) is 11.3 Å². The van der Waals surface area contributed by atoms with E-state index in [-0.39, 0.29) is 12.4 Å². The Balaban J connectivity index is 1.93. The number of hydrogen-bond acceptors (Lipinski definition) is 2. The van der Waals surface area contributed by atoms with Crippen LogP contribution in [-0.2, 0) is 6.42 Å². The minimum atomic E-state index is -0.375. The molecule has 0 radical (unpaired) electrons. The van der Waals surface area contributed by atoms with Gasteiger partial charge in [-0.25, -0.2) is 0 Å². The molecule has 0 bridgehead atoms. The van der Waals surface area contributed by atoms with Crippen LogP contribution in [-0.4, -0.2) is 22.2 Å². The van der Waals surface area contributed by atoms with E-state index in [0.29, 0.717) is 0 Å². The van der Waals surface area contributed by atoms with Gasteiger partial charge in [0.25, 0.3) is 6.10 Å². The number of aliphatic hydroxyl groups is 3. The van der Waals surface area contributed by atoms with Crippen molar-refractivity contribution in [3.63, 3.8) is 0 Å². The molecule has 0 amide bonds. The highest BCUT2D eigenvalue weighted by molar-refractivity contribution is 7.07. The summed E-state index contributed by atoms with van der Waals surface area (Å²) in [6, 6.07) is 2.07. The van der Waals surface area contributed by atoms with Crippen molar-refractivity contribution in [1.82, 2.24) is 0 Å². The van der Waals surface area contributed by atoms with Gasteiger partial charge in [0.1, 0.15) is 0 Å². The first-order valence-electron chi connectivity index (χ1n) is 3.25. The lowest BCUT2D eigenvalue weighted by Gasteiger charge is -1.82. The van der Waals surface area contributed by atoms with Crippen LogP contribution in [0.5, 0.6) is 0 Å². The van der Waals surface area contributed by atoms with Crippen LogP contribution < -0.4 is 0 Å². The summed E-state index contributed by atoms with van der Waals surface area (Å²) in [4.78, 5) is 0. The molecule has 0 aromatic carbocycles. The Morgan fingerprint density at radius 2 is 2.50 bits per heavy atom. The molecule has 1 aliphatic rings. The van der Waals surface area contributed by atoms with E-state index in [0.717, 1.165) is 6.42 Å². The summed E-state index contributed by atoms with van der Waals surface area (Å²) in [6.07, 6.45) is 0.722. The number of aliphatic hydroxyl groups excluding tert-OH is 1. The third-order valence-corrected chi connectivity index (χ3v) is 2.36. The van der Waals surface area contributed by atoms with E-state index >= 15 is 0 Å². The van der Waals surface area contributed by atoms with Gasteiger partial charge in [0.05, 0.1) is 6.42 Å². The highest BCUT2D eigenvalue weighted by Gasteiger charge is 2.46. The topological polar surface area (TPSA) is 33.0 Å². The average molecular weight is 157 g/mol. The van der Waals surface area contributed by atoms with Crippen LogP contribution >= 0.6 is 11.3 Å². The highest BCUT2D eigenvalue weighted by Crippen LogP contribution is 2.20. The van der Waals surface area contributed by atoms with Crippen LogP contribution in [0.2, 0.25) is 0 Å². The molecule has 1 aromatic heterocycles. The maximum absolute atomic E-state index is 8.86. The summed E-state index contributed by atoms with van der Waals surface area (Å²) in [6.45, 7) is 0. The first kappa shape index (κ1) is 6.34. The average Bonchev–Trinajstić information content (AvgIpc) is 2.48. The van der Waals surface area contributed by atoms with Crippen LogP contribution in [0.3, 0.4) is 0 Å². The van der Waals surface area contributed by atoms with Crippen molar-refractivity contribution in [2.45, 2.75) is 18.8 Å². The van der Waals surface area contributed by atoms with E-state index in [4.69, 9.17) is 5.11 Å². The second-order valence-corrected chi connectivity index (χ2v) is 3.25. The Labute approximate surface area is 63.1 Å². The molecular weight excluding hydrogens is 148 g/mol. The van der Waals surface area contributed by atoms with Crippen LogP contribution in [0.1, 0.15) is 5.56 Å². The molecule has 0 aliphatic carbocycles. The van der Waals surface area contributed by atoms with Crippen molar-refractivity contribution in [1.29, 1.82) is 0 Å². The maximum atomic E-state index is 8.86. The molecule has 2 rings (SSSR count). The molecule has 10 heavy (non-hydrogen) atoms. The third kappa shape index (κ3) is 1.21. The molecule has 3 heteroatoms. The standard InChI is InChI=1S/C7H8O2S/c8-7-6(9-7)3-5-1-2-10-4-5/h1-2,4,6-8H,3H2/p+1. The number of epoxide rings is 1. The Morgan fingerprint density at radius 3 is 3.00 bits per heavy atom. The fraction of sp³-hybridized carbons (Fsp3) is 0.429. The lowest BCUT2D eigenvalue weighted by molar-refractivity contribution is 0.0512. The molecule has 54 valence electrons. The Morgan fingerprint density at radius 1 is 1.70 bits per heavy atom. The van der Waals surface area contributed by atoms with E-state index in [9.17, 15) is 0 Å². The Kier molecular flexibility index (Phi) is 1.48. The van der Waals surface area contributed by atoms with Crippen LogP contribution in [0, 0.1) is 0 Å². The summed E-state index contributed by atoms with van der Waals surface area (Å²) in [5.41, 5.74) is 1.29. The zero-order valence-electron chi connectivity index (χ0n) is 5.40. The molecule has 2 heterocycles. The monoisotopic (exact) mass is 157 g/mol. The molecule has 2 unspecified atom stereocenters. The van der Waals surface area contributed by atoms with Gasteiger partial charge in [-0.3, -0.25) is 0 Å². The van der Waals surface area contributed by atoms with Gasteiger partial charge in [0.15, 0.2) is 0 Å². The third-order valence-electron chi connectivity index (χ3n) is 1.62. The molecule has 0 saturated carbocycles. The fourth-order valence-electron chi connectivity index (χ4n) is 0.955. The zero-order valence-corrected chi connectivity index (χ0v) is 6.21. The summed E-state index contributed by atoms with van der Waals surface area (Å²) in [7, 11) is 0. The molecule has 2 N–H and O–H groups in total. The zero-order chi connectivity index (χ0) is 6.97. The molecule has 2 atom stereocenters. The van der Waals surface area contributed by atoms with Crippen LogP contribution in [0.25, 0.3) is 0 Å². The predicted octanol–water partition coefficient (Wildman–Crippen LogP) is 0.519. The normalized spacial score (nSPS) is 30.5. The predicted molar refractivity (Wildman–Crippen MR) is 40.0 cm³/mol. The summed E-state index contributed by atoms with van der Waals surface area (Å²) >= 11 is 1.69. The van der Waals surface area contributed by atoms with Crippen molar-refractivity contribution in [3.05, 3.63) is 22.4 Å². The molecule has 1 aliphatic heterocycles. The Bertz CT molecular complexity index is 207. The number of hydrogen-bond donors (Lipinski definition) is 1. The van der Waals surface area contributed by atoms with Crippen molar-refractivity contribution < 1.29 is 9.84 Å². The van der Waals surface area contributed by atoms with E-state index in [2.05, 4.69) is 16.2 Å². The second-order valence-electron chi connectivity index (χ2n) is 2.47. The van der Waals surface area contributed by atoms with Crippen LogP contribution in [0.4, 0.5) is 0 Å². The highest BCUT2D eigenvalue weighted by atomic mass is 32.1. The van der Waals surface area contributed by atoms with Gasteiger partial charge in [-0.1, -0.05) is 0 Å². The number of thiophene rings is 1. The van der Waals surface area contributed by atoms with Crippen molar-refractivity contribution >= 4 is 11.3 Å². The van der Waals surface area contributed by atoms with Crippen molar-refractivity contribution in [3.8, 4) is 0 Å². The van der Waals surface area contributed by atoms with Gasteiger partial charge < -0.3 is 9.84 Å². The first-order valence-corrected chi connectivity index (χ1v) is 4.19. The van der Waals surface area contributed by atoms with Gasteiger partial charge in [-0.15, -0.1) is 0 Å². The second kappa shape index (κ2) is 2.34. The quantitative estimate of drug-likeness (QED) is 0.492. The summed E-state index contributed by atoms with van der Waals surface area (Å²) in [5, 5.41) is 13.0. The van der Waals surface area contributed by atoms with Gasteiger partial charge in [-0.05, 0) is 22.4 Å². The lowest BCUT2D eigenvalue weighted by atomic mass is 10.2. The SMILES string of the molecule is OC1[OH+]C1Cc1ccsc1. The smallest absolute Gasteiger partial charge is 0.337 e. The van der Waals surface area contributed by atoms with Gasteiger partial charge in [0, 0.05) is 0 Å². The van der Waals surface area contributed by atoms with Crippen molar-refractivity contribution in [2.75, 3.05) is 0 Å². The summed E-state index contributed by atoms with van der Waals surface area (Å²) < 4.78 is 3.89. The van der Waals surface area contributed by atoms with E-state index in [1.165, 1.54) is 5.56 Å². The molecular formula is C7H9O2S+. The van der Waals surface area contributed by atoms with Gasteiger partial charge in [0.2, 0.25) is 0 Å². The Hall–Kier alpha value is -0.380. The van der Waals surface area contributed by atoms with Gasteiger partial charge >= 0.3 is 6.29 Å². The minimum Gasteiger partial charge on any atom is -0.393 e. The number of ether oxygens (including phenoxy) is 1. The van der Waals surface area contributed by atoms with Crippen LogP contribution in [0.15, 0.2) is 16.8 Å². The molecule has 1 fully saturated rings. The molecule has 0 spiro atoms. The minimum absolute atomic E-state index is 0.189. The molecule has 1 aromatic rings. The maximum Gasteiger partial charge on any atom is 0.337 e.